The summed E-state index contributed by atoms with van der Waals surface area (Å²) in [6, 6.07) is 74.6. The summed E-state index contributed by atoms with van der Waals surface area (Å²) in [5.41, 5.74) is 16.2. The fraction of sp³-hybridized carbons (Fsp3) is 0.0333. The summed E-state index contributed by atoms with van der Waals surface area (Å²) in [5, 5.41) is 14.5. The molecule has 0 unspecified atom stereocenters. The number of nitriles is 1. The molecule has 6 nitrogen and oxygen atoms in total. The van der Waals surface area contributed by atoms with E-state index in [2.05, 4.69) is 150 Å². The molecule has 310 valence electrons. The maximum Gasteiger partial charge on any atom is 0.164 e. The Balaban J connectivity index is 1.21. The van der Waals surface area contributed by atoms with Gasteiger partial charge in [0.25, 0.3) is 0 Å². The number of para-hydroxylation sites is 2. The van der Waals surface area contributed by atoms with Gasteiger partial charge in [-0.1, -0.05) is 139 Å². The molecule has 0 spiro atoms. The van der Waals surface area contributed by atoms with Gasteiger partial charge in [0, 0.05) is 49.5 Å². The predicted molar refractivity (Wildman–Crippen MR) is 270 cm³/mol. The van der Waals surface area contributed by atoms with Gasteiger partial charge < -0.3 is 9.13 Å². The molecule has 0 radical (unpaired) electrons. The maximum atomic E-state index is 9.73. The molecular formula is C60H40N6. The van der Waals surface area contributed by atoms with E-state index in [-0.39, 0.29) is 0 Å². The summed E-state index contributed by atoms with van der Waals surface area (Å²) >= 11 is 0. The smallest absolute Gasteiger partial charge is 0.164 e. The van der Waals surface area contributed by atoms with Gasteiger partial charge in [-0.2, -0.15) is 5.26 Å². The Morgan fingerprint density at radius 3 is 1.48 bits per heavy atom. The van der Waals surface area contributed by atoms with Gasteiger partial charge in [0.05, 0.1) is 39.4 Å². The molecule has 0 aliphatic carbocycles. The third-order valence-corrected chi connectivity index (χ3v) is 12.7. The van der Waals surface area contributed by atoms with Crippen LogP contribution in [0, 0.1) is 25.2 Å². The van der Waals surface area contributed by atoms with E-state index in [1.54, 1.807) is 0 Å². The van der Waals surface area contributed by atoms with E-state index in [1.165, 1.54) is 32.7 Å². The zero-order chi connectivity index (χ0) is 44.3. The second-order valence-electron chi connectivity index (χ2n) is 16.9. The fourth-order valence-corrected chi connectivity index (χ4v) is 9.59. The van der Waals surface area contributed by atoms with Gasteiger partial charge in [-0.05, 0) is 109 Å². The number of nitrogens with zero attached hydrogens (tertiary/aromatic N) is 6. The summed E-state index contributed by atoms with van der Waals surface area (Å²) < 4.78 is 4.78. The van der Waals surface area contributed by atoms with Crippen molar-refractivity contribution in [2.24, 2.45) is 0 Å². The molecule has 0 atom stereocenters. The Morgan fingerprint density at radius 2 is 0.879 bits per heavy atom. The number of hydrogen-bond acceptors (Lipinski definition) is 4. The highest BCUT2D eigenvalue weighted by Gasteiger charge is 2.23. The van der Waals surface area contributed by atoms with Crippen molar-refractivity contribution in [3.05, 3.63) is 223 Å². The van der Waals surface area contributed by atoms with E-state index in [4.69, 9.17) is 15.0 Å². The monoisotopic (exact) mass is 844 g/mol. The van der Waals surface area contributed by atoms with E-state index in [0.29, 0.717) is 23.0 Å². The Morgan fingerprint density at radius 1 is 0.364 bits per heavy atom. The van der Waals surface area contributed by atoms with E-state index >= 15 is 0 Å². The first-order valence-electron chi connectivity index (χ1n) is 22.2. The summed E-state index contributed by atoms with van der Waals surface area (Å²) in [5.74, 6) is 1.75. The van der Waals surface area contributed by atoms with E-state index in [1.807, 2.05) is 84.9 Å². The number of fused-ring (bicyclic) bond motifs is 6. The van der Waals surface area contributed by atoms with Crippen molar-refractivity contribution in [2.75, 3.05) is 0 Å². The minimum atomic E-state index is 0.565. The van der Waals surface area contributed by atoms with Gasteiger partial charge in [-0.3, -0.25) is 0 Å². The van der Waals surface area contributed by atoms with Crippen LogP contribution in [0.4, 0.5) is 0 Å². The normalized spacial score (nSPS) is 11.5. The van der Waals surface area contributed by atoms with Gasteiger partial charge in [0.1, 0.15) is 0 Å². The molecule has 0 bridgehead atoms. The third-order valence-electron chi connectivity index (χ3n) is 12.7. The van der Waals surface area contributed by atoms with Crippen LogP contribution in [0.15, 0.2) is 206 Å². The molecule has 12 aromatic rings. The van der Waals surface area contributed by atoms with E-state index in [9.17, 15) is 5.26 Å². The van der Waals surface area contributed by atoms with Crippen molar-refractivity contribution in [3.63, 3.8) is 0 Å². The lowest BCUT2D eigenvalue weighted by molar-refractivity contribution is 1.07. The fourth-order valence-electron chi connectivity index (χ4n) is 9.59. The van der Waals surface area contributed by atoms with Crippen LogP contribution in [0.3, 0.4) is 0 Å². The zero-order valence-corrected chi connectivity index (χ0v) is 36.3. The van der Waals surface area contributed by atoms with Crippen molar-refractivity contribution in [3.8, 4) is 73.9 Å². The minimum absolute atomic E-state index is 0.565. The predicted octanol–water partition coefficient (Wildman–Crippen LogP) is 14.9. The lowest BCUT2D eigenvalue weighted by atomic mass is 9.92. The molecule has 0 fully saturated rings. The first kappa shape index (κ1) is 38.7. The van der Waals surface area contributed by atoms with E-state index in [0.717, 1.165) is 72.4 Å². The van der Waals surface area contributed by atoms with E-state index < -0.39 is 0 Å². The SMILES string of the molecule is Cc1ccc2c(c1)c1ccccc1n2-c1ccc(-c2nc(-c3ccccc3)nc(-c3ccccc3)n2)c(-c2cc(-c3ccc(C#N)cc3)ccc2-n2c3ccccc3c3cc(C)ccc32)c1. The molecule has 0 saturated carbocycles. The topological polar surface area (TPSA) is 72.3 Å². The molecule has 0 saturated heterocycles. The Bertz CT molecular complexity index is 3840. The highest BCUT2D eigenvalue weighted by Crippen LogP contribution is 2.43. The van der Waals surface area contributed by atoms with Gasteiger partial charge in [-0.15, -0.1) is 0 Å². The lowest BCUT2D eigenvalue weighted by Crippen LogP contribution is -2.04. The minimum Gasteiger partial charge on any atom is -0.309 e. The molecule has 9 aromatic carbocycles. The summed E-state index contributed by atoms with van der Waals surface area (Å²) in [4.78, 5) is 15.7. The standard InChI is InChI=1S/C60H40N6/c1-38-21-30-55-50(33-38)46-17-9-11-19-53(46)65(55)45-28-29-48(60-63-58(42-13-5-3-6-14-42)62-59(64-60)43-15-7-4-8-16-43)49(36-45)52-35-44(41-25-23-40(37-61)24-26-41)27-32-57(52)66-54-20-12-10-18-47(54)51-34-39(2)22-31-56(51)66/h3-36H,1-2H3. The molecule has 3 aromatic heterocycles. The lowest BCUT2D eigenvalue weighted by Gasteiger charge is -2.20. The average Bonchev–Trinajstić information content (AvgIpc) is 3.88. The second-order valence-corrected chi connectivity index (χ2v) is 16.9. The maximum absolute atomic E-state index is 9.73. The van der Waals surface area contributed by atoms with Crippen LogP contribution in [0.5, 0.6) is 0 Å². The molecule has 6 heteroatoms. The summed E-state index contributed by atoms with van der Waals surface area (Å²) in [6.07, 6.45) is 0. The number of rotatable bonds is 7. The molecule has 0 N–H and O–H groups in total. The van der Waals surface area contributed by atoms with Crippen molar-refractivity contribution < 1.29 is 0 Å². The number of aryl methyl sites for hydroxylation is 2. The molecule has 0 aliphatic rings. The van der Waals surface area contributed by atoms with Crippen LogP contribution in [0.2, 0.25) is 0 Å². The molecular weight excluding hydrogens is 805 g/mol. The van der Waals surface area contributed by atoms with Gasteiger partial charge in [-0.25, -0.2) is 15.0 Å². The van der Waals surface area contributed by atoms with Crippen LogP contribution < -0.4 is 0 Å². The first-order chi connectivity index (χ1) is 32.5. The second kappa shape index (κ2) is 15.7. The Hall–Kier alpha value is -8.92. The third kappa shape index (κ3) is 6.53. The highest BCUT2D eigenvalue weighted by molar-refractivity contribution is 6.11. The Labute approximate surface area is 382 Å². The van der Waals surface area contributed by atoms with Crippen LogP contribution >= 0.6 is 0 Å². The van der Waals surface area contributed by atoms with Gasteiger partial charge in [0.2, 0.25) is 0 Å². The number of aromatic nitrogens is 5. The first-order valence-corrected chi connectivity index (χ1v) is 22.2. The van der Waals surface area contributed by atoms with Crippen molar-refractivity contribution >= 4 is 43.6 Å². The van der Waals surface area contributed by atoms with Gasteiger partial charge in [0.15, 0.2) is 17.5 Å². The average molecular weight is 845 g/mol. The quantitative estimate of drug-likeness (QED) is 0.160. The summed E-state index contributed by atoms with van der Waals surface area (Å²) in [6.45, 7) is 4.30. The van der Waals surface area contributed by atoms with Crippen LogP contribution in [-0.4, -0.2) is 24.1 Å². The van der Waals surface area contributed by atoms with Crippen molar-refractivity contribution in [1.82, 2.24) is 24.1 Å². The molecule has 66 heavy (non-hydrogen) atoms. The van der Waals surface area contributed by atoms with Crippen LogP contribution in [-0.2, 0) is 0 Å². The van der Waals surface area contributed by atoms with Crippen molar-refractivity contribution in [1.29, 1.82) is 5.26 Å². The van der Waals surface area contributed by atoms with Crippen LogP contribution in [0.25, 0.3) is 111 Å². The molecule has 0 aliphatic heterocycles. The van der Waals surface area contributed by atoms with Gasteiger partial charge >= 0.3 is 0 Å². The number of hydrogen-bond donors (Lipinski definition) is 0. The molecule has 0 amide bonds. The largest absolute Gasteiger partial charge is 0.309 e. The molecule has 3 heterocycles. The Kier molecular flexibility index (Phi) is 9.22. The van der Waals surface area contributed by atoms with Crippen LogP contribution in [0.1, 0.15) is 16.7 Å². The molecule has 12 rings (SSSR count). The zero-order valence-electron chi connectivity index (χ0n) is 36.3. The highest BCUT2D eigenvalue weighted by atomic mass is 15.0. The summed E-state index contributed by atoms with van der Waals surface area (Å²) in [7, 11) is 0. The van der Waals surface area contributed by atoms with Crippen molar-refractivity contribution in [2.45, 2.75) is 13.8 Å². The number of benzene rings is 9.